The highest BCUT2D eigenvalue weighted by atomic mass is 32.2. The third-order valence-corrected chi connectivity index (χ3v) is 3.16. The molecule has 90 valence electrons. The maximum atomic E-state index is 11.3. The largest absolute Gasteiger partial charge is 0.355 e. The van der Waals surface area contributed by atoms with Gasteiger partial charge in [-0.3, -0.25) is 4.79 Å². The lowest BCUT2D eigenvalue weighted by Crippen LogP contribution is -2.36. The fourth-order valence-corrected chi connectivity index (χ4v) is 1.36. The fraction of sp³-hybridized carbons (Fsp3) is 0.909. The molecule has 0 bridgehead atoms. The summed E-state index contributed by atoms with van der Waals surface area (Å²) in [5.41, 5.74) is 0. The van der Waals surface area contributed by atoms with Crippen LogP contribution in [0, 0.1) is 5.92 Å². The van der Waals surface area contributed by atoms with Crippen LogP contribution in [0.3, 0.4) is 0 Å². The normalized spacial score (nSPS) is 12.9. The number of rotatable bonds is 8. The Hall–Kier alpha value is -0.220. The molecule has 2 N–H and O–H groups in total. The number of hydrogen-bond acceptors (Lipinski definition) is 3. The average Bonchev–Trinajstić information content (AvgIpc) is 2.21. The lowest BCUT2D eigenvalue weighted by molar-refractivity contribution is -0.120. The summed E-state index contributed by atoms with van der Waals surface area (Å²) in [6.07, 6.45) is 3.22. The molecule has 0 aromatic rings. The maximum absolute atomic E-state index is 11.3. The van der Waals surface area contributed by atoms with Gasteiger partial charge < -0.3 is 10.6 Å². The van der Waals surface area contributed by atoms with Gasteiger partial charge in [0.2, 0.25) is 5.91 Å². The molecule has 15 heavy (non-hydrogen) atoms. The van der Waals surface area contributed by atoms with Crippen LogP contribution in [-0.2, 0) is 4.79 Å². The summed E-state index contributed by atoms with van der Waals surface area (Å²) in [4.78, 5) is 11.3. The second kappa shape index (κ2) is 9.04. The predicted octanol–water partition coefficient (Wildman–Crippen LogP) is 1.49. The van der Waals surface area contributed by atoms with Crippen LogP contribution in [0.2, 0.25) is 0 Å². The van der Waals surface area contributed by atoms with E-state index in [9.17, 15) is 4.79 Å². The van der Waals surface area contributed by atoms with Gasteiger partial charge in [-0.2, -0.15) is 11.8 Å². The Morgan fingerprint density at radius 1 is 1.33 bits per heavy atom. The first-order chi connectivity index (χ1) is 7.06. The monoisotopic (exact) mass is 232 g/mol. The molecule has 0 spiro atoms. The summed E-state index contributed by atoms with van der Waals surface area (Å²) in [7, 11) is 0. The summed E-state index contributed by atoms with van der Waals surface area (Å²) in [6.45, 7) is 8.50. The maximum Gasteiger partial charge on any atom is 0.233 e. The van der Waals surface area contributed by atoms with Crippen molar-refractivity contribution in [2.75, 3.05) is 25.9 Å². The third kappa shape index (κ3) is 10.1. The van der Waals surface area contributed by atoms with Gasteiger partial charge in [-0.15, -0.1) is 0 Å². The minimum Gasteiger partial charge on any atom is -0.355 e. The molecule has 0 aliphatic heterocycles. The van der Waals surface area contributed by atoms with Gasteiger partial charge in [0, 0.05) is 11.8 Å². The van der Waals surface area contributed by atoms with Gasteiger partial charge in [0.15, 0.2) is 0 Å². The van der Waals surface area contributed by atoms with E-state index < -0.39 is 0 Å². The molecule has 0 saturated heterocycles. The Kier molecular flexibility index (Phi) is 8.91. The van der Waals surface area contributed by atoms with Crippen molar-refractivity contribution in [3.8, 4) is 0 Å². The van der Waals surface area contributed by atoms with Crippen molar-refractivity contribution in [3.63, 3.8) is 0 Å². The minimum atomic E-state index is 0.0977. The molecule has 0 aromatic carbocycles. The number of carbonyl (C=O) groups excluding carboxylic acids is 1. The quantitative estimate of drug-likeness (QED) is 0.623. The molecule has 0 aliphatic carbocycles. The van der Waals surface area contributed by atoms with Gasteiger partial charge in [0.25, 0.3) is 0 Å². The molecule has 3 nitrogen and oxygen atoms in total. The van der Waals surface area contributed by atoms with E-state index in [2.05, 4.69) is 37.7 Å². The Labute approximate surface area is 97.8 Å². The molecule has 1 atom stereocenters. The number of thioether (sulfide) groups is 1. The molecule has 0 fully saturated rings. The second-order valence-corrected chi connectivity index (χ2v) is 5.49. The molecule has 0 rings (SSSR count). The molecule has 0 aliphatic rings. The molecule has 1 unspecified atom stereocenters. The van der Waals surface area contributed by atoms with Gasteiger partial charge in [-0.1, -0.05) is 20.8 Å². The van der Waals surface area contributed by atoms with Crippen molar-refractivity contribution >= 4 is 17.7 Å². The first-order valence-corrected chi connectivity index (χ1v) is 6.85. The Morgan fingerprint density at radius 2 is 2.00 bits per heavy atom. The summed E-state index contributed by atoms with van der Waals surface area (Å²) < 4.78 is 0. The first-order valence-electron chi connectivity index (χ1n) is 5.56. The summed E-state index contributed by atoms with van der Waals surface area (Å²) in [6, 6.07) is 0. The van der Waals surface area contributed by atoms with Crippen molar-refractivity contribution in [1.82, 2.24) is 10.6 Å². The van der Waals surface area contributed by atoms with E-state index in [1.807, 2.05) is 11.8 Å². The smallest absolute Gasteiger partial charge is 0.233 e. The summed E-state index contributed by atoms with van der Waals surface area (Å²) in [5.74, 6) is 0.617. The first kappa shape index (κ1) is 14.8. The van der Waals surface area contributed by atoms with E-state index in [0.29, 0.717) is 17.7 Å². The Balaban J connectivity index is 3.31. The molecule has 0 heterocycles. The highest BCUT2D eigenvalue weighted by molar-refractivity contribution is 7.99. The van der Waals surface area contributed by atoms with Crippen molar-refractivity contribution in [2.24, 2.45) is 5.92 Å². The van der Waals surface area contributed by atoms with E-state index in [-0.39, 0.29) is 5.91 Å². The summed E-state index contributed by atoms with van der Waals surface area (Å²) >= 11 is 1.86. The van der Waals surface area contributed by atoms with Crippen LogP contribution in [0.25, 0.3) is 0 Å². The number of nitrogens with one attached hydrogen (secondary N) is 2. The topological polar surface area (TPSA) is 41.1 Å². The van der Waals surface area contributed by atoms with E-state index >= 15 is 0 Å². The molecular weight excluding hydrogens is 208 g/mol. The van der Waals surface area contributed by atoms with Crippen LogP contribution in [0.15, 0.2) is 0 Å². The van der Waals surface area contributed by atoms with E-state index in [1.54, 1.807) is 0 Å². The van der Waals surface area contributed by atoms with Crippen molar-refractivity contribution in [1.29, 1.82) is 0 Å². The Bertz CT molecular complexity index is 174. The van der Waals surface area contributed by atoms with Crippen LogP contribution in [0.1, 0.15) is 27.2 Å². The van der Waals surface area contributed by atoms with Gasteiger partial charge in [0.1, 0.15) is 0 Å². The summed E-state index contributed by atoms with van der Waals surface area (Å²) in [5, 5.41) is 6.69. The third-order valence-electron chi connectivity index (χ3n) is 2.12. The van der Waals surface area contributed by atoms with E-state index in [4.69, 9.17) is 0 Å². The van der Waals surface area contributed by atoms with Crippen molar-refractivity contribution < 1.29 is 4.79 Å². The molecular formula is C11H24N2OS. The average molecular weight is 232 g/mol. The van der Waals surface area contributed by atoms with Gasteiger partial charge in [-0.05, 0) is 25.1 Å². The van der Waals surface area contributed by atoms with E-state index in [1.165, 1.54) is 0 Å². The molecule has 0 radical (unpaired) electrons. The van der Waals surface area contributed by atoms with Gasteiger partial charge in [-0.25, -0.2) is 0 Å². The molecule has 1 amide bonds. The minimum absolute atomic E-state index is 0.0977. The standard InChI is InChI=1S/C11H24N2OS/c1-9(2)7-13-11(14)8-12-6-5-10(3)15-4/h9-10,12H,5-8H2,1-4H3,(H,13,14). The SMILES string of the molecule is CSC(C)CCNCC(=O)NCC(C)C. The zero-order chi connectivity index (χ0) is 11.7. The van der Waals surface area contributed by atoms with Gasteiger partial charge >= 0.3 is 0 Å². The number of carbonyl (C=O) groups is 1. The lowest BCUT2D eigenvalue weighted by atomic mass is 10.2. The zero-order valence-corrected chi connectivity index (χ0v) is 11.1. The lowest BCUT2D eigenvalue weighted by Gasteiger charge is -2.10. The predicted molar refractivity (Wildman–Crippen MR) is 68.3 cm³/mol. The van der Waals surface area contributed by atoms with Gasteiger partial charge in [0.05, 0.1) is 6.54 Å². The van der Waals surface area contributed by atoms with Crippen LogP contribution in [0.4, 0.5) is 0 Å². The Morgan fingerprint density at radius 3 is 2.53 bits per heavy atom. The highest BCUT2D eigenvalue weighted by Crippen LogP contribution is 2.07. The molecule has 4 heteroatoms. The van der Waals surface area contributed by atoms with Crippen LogP contribution < -0.4 is 10.6 Å². The van der Waals surface area contributed by atoms with Crippen LogP contribution in [-0.4, -0.2) is 37.0 Å². The second-order valence-electron chi connectivity index (χ2n) is 4.21. The number of amides is 1. The highest BCUT2D eigenvalue weighted by Gasteiger charge is 2.02. The molecule has 0 aromatic heterocycles. The van der Waals surface area contributed by atoms with E-state index in [0.717, 1.165) is 19.5 Å². The van der Waals surface area contributed by atoms with Crippen LogP contribution in [0.5, 0.6) is 0 Å². The van der Waals surface area contributed by atoms with Crippen molar-refractivity contribution in [3.05, 3.63) is 0 Å². The number of hydrogen-bond donors (Lipinski definition) is 2. The van der Waals surface area contributed by atoms with Crippen LogP contribution >= 0.6 is 11.8 Å². The van der Waals surface area contributed by atoms with Crippen molar-refractivity contribution in [2.45, 2.75) is 32.4 Å². The zero-order valence-electron chi connectivity index (χ0n) is 10.3. The fourth-order valence-electron chi connectivity index (χ4n) is 1.01. The molecule has 0 saturated carbocycles.